The Kier molecular flexibility index (Phi) is 5.16. The van der Waals surface area contributed by atoms with Crippen molar-refractivity contribution in [2.45, 2.75) is 45.6 Å². The van der Waals surface area contributed by atoms with Crippen LogP contribution in [0.1, 0.15) is 49.2 Å². The van der Waals surface area contributed by atoms with Crippen molar-refractivity contribution in [3.05, 3.63) is 23.5 Å². The molecular formula is C18H27N3O2. The van der Waals surface area contributed by atoms with Gasteiger partial charge in [-0.3, -0.25) is 9.69 Å². The van der Waals surface area contributed by atoms with Gasteiger partial charge in [0.15, 0.2) is 0 Å². The van der Waals surface area contributed by atoms with Gasteiger partial charge < -0.3 is 10.1 Å². The molecule has 1 aromatic rings. The maximum Gasteiger partial charge on any atom is 0.269 e. The zero-order valence-electron chi connectivity index (χ0n) is 14.2. The number of piperidine rings is 1. The van der Waals surface area contributed by atoms with Crippen LogP contribution in [-0.2, 0) is 6.42 Å². The third-order valence-electron chi connectivity index (χ3n) is 5.03. The van der Waals surface area contributed by atoms with Crippen LogP contribution < -0.4 is 10.1 Å². The molecular weight excluding hydrogens is 290 g/mol. The lowest BCUT2D eigenvalue weighted by atomic mass is 9.98. The molecule has 126 valence electrons. The first-order chi connectivity index (χ1) is 11.1. The molecule has 1 atom stereocenters. The van der Waals surface area contributed by atoms with Gasteiger partial charge in [-0.1, -0.05) is 6.92 Å². The third kappa shape index (κ3) is 4.02. The molecule has 1 unspecified atom stereocenters. The van der Waals surface area contributed by atoms with Crippen LogP contribution in [-0.4, -0.2) is 48.1 Å². The number of pyridine rings is 1. The number of carbonyl (C=O) groups is 1. The van der Waals surface area contributed by atoms with E-state index >= 15 is 0 Å². The van der Waals surface area contributed by atoms with E-state index in [0.717, 1.165) is 49.8 Å². The molecule has 2 aliphatic rings. The maximum absolute atomic E-state index is 12.3. The van der Waals surface area contributed by atoms with Crippen LogP contribution in [0.25, 0.3) is 0 Å². The molecule has 23 heavy (non-hydrogen) atoms. The molecule has 5 nitrogen and oxygen atoms in total. The lowest BCUT2D eigenvalue weighted by Gasteiger charge is -2.35. The quantitative estimate of drug-likeness (QED) is 0.925. The molecule has 1 fully saturated rings. The Hall–Kier alpha value is -1.62. The highest BCUT2D eigenvalue weighted by Crippen LogP contribution is 2.24. The van der Waals surface area contributed by atoms with Gasteiger partial charge in [-0.2, -0.15) is 0 Å². The smallest absolute Gasteiger partial charge is 0.269 e. The number of nitrogens with zero attached hydrogens (tertiary/aromatic N) is 2. The average Bonchev–Trinajstić information content (AvgIpc) is 2.59. The van der Waals surface area contributed by atoms with Crippen molar-refractivity contribution in [3.63, 3.8) is 0 Å². The van der Waals surface area contributed by atoms with Crippen LogP contribution in [0.2, 0.25) is 0 Å². The fourth-order valence-corrected chi connectivity index (χ4v) is 3.31. The summed E-state index contributed by atoms with van der Waals surface area (Å²) in [6.07, 6.45) is 6.15. The molecule has 0 bridgehead atoms. The summed E-state index contributed by atoms with van der Waals surface area (Å²) in [5.41, 5.74) is 1.59. The highest BCUT2D eigenvalue weighted by atomic mass is 16.5. The topological polar surface area (TPSA) is 54.5 Å². The van der Waals surface area contributed by atoms with Gasteiger partial charge in [0.2, 0.25) is 0 Å². The standard InChI is InChI=1S/C18H27N3O2/c1-13-5-7-21(8-6-13)14(2)11-20-18(22)16-10-15-4-3-9-23-17(15)12-19-16/h10,12-14H,3-9,11H2,1-2H3,(H,20,22). The number of fused-ring (bicyclic) bond motifs is 1. The second kappa shape index (κ2) is 7.30. The summed E-state index contributed by atoms with van der Waals surface area (Å²) in [5.74, 6) is 1.56. The van der Waals surface area contributed by atoms with Gasteiger partial charge in [0.1, 0.15) is 11.4 Å². The number of hydrogen-bond acceptors (Lipinski definition) is 4. The molecule has 0 spiro atoms. The van der Waals surface area contributed by atoms with Gasteiger partial charge in [0, 0.05) is 12.6 Å². The zero-order valence-corrected chi connectivity index (χ0v) is 14.2. The predicted molar refractivity (Wildman–Crippen MR) is 89.8 cm³/mol. The highest BCUT2D eigenvalue weighted by Gasteiger charge is 2.21. The Morgan fingerprint density at radius 1 is 1.48 bits per heavy atom. The monoisotopic (exact) mass is 317 g/mol. The molecule has 0 aromatic carbocycles. The van der Waals surface area contributed by atoms with E-state index < -0.39 is 0 Å². The SMILES string of the molecule is CC1CCN(C(C)CNC(=O)c2cc3c(cn2)OCCC3)CC1. The number of aromatic nitrogens is 1. The maximum atomic E-state index is 12.3. The van der Waals surface area contributed by atoms with Crippen LogP contribution in [0, 0.1) is 5.92 Å². The summed E-state index contributed by atoms with van der Waals surface area (Å²) in [7, 11) is 0. The molecule has 2 aliphatic heterocycles. The fraction of sp³-hybridized carbons (Fsp3) is 0.667. The first-order valence-electron chi connectivity index (χ1n) is 8.77. The Labute approximate surface area is 138 Å². The summed E-state index contributed by atoms with van der Waals surface area (Å²) >= 11 is 0. The zero-order chi connectivity index (χ0) is 16.2. The summed E-state index contributed by atoms with van der Waals surface area (Å²) < 4.78 is 5.54. The van der Waals surface area contributed by atoms with Gasteiger partial charge in [-0.15, -0.1) is 0 Å². The van der Waals surface area contributed by atoms with Gasteiger partial charge in [-0.25, -0.2) is 4.98 Å². The van der Waals surface area contributed by atoms with Gasteiger partial charge in [-0.05, 0) is 63.2 Å². The van der Waals surface area contributed by atoms with Crippen molar-refractivity contribution < 1.29 is 9.53 Å². The molecule has 1 aromatic heterocycles. The second-order valence-corrected chi connectivity index (χ2v) is 6.91. The van der Waals surface area contributed by atoms with Crippen molar-refractivity contribution in [1.82, 2.24) is 15.2 Å². The largest absolute Gasteiger partial charge is 0.492 e. The minimum atomic E-state index is -0.0874. The minimum Gasteiger partial charge on any atom is -0.492 e. The summed E-state index contributed by atoms with van der Waals surface area (Å²) in [4.78, 5) is 19.0. The van der Waals surface area contributed by atoms with Gasteiger partial charge in [0.05, 0.1) is 12.8 Å². The number of ether oxygens (including phenoxy) is 1. The summed E-state index contributed by atoms with van der Waals surface area (Å²) in [6, 6.07) is 2.24. The molecule has 5 heteroatoms. The molecule has 1 N–H and O–H groups in total. The molecule has 3 rings (SSSR count). The first kappa shape index (κ1) is 16.2. The Bertz CT molecular complexity index is 553. The highest BCUT2D eigenvalue weighted by molar-refractivity contribution is 5.92. The van der Waals surface area contributed by atoms with Crippen molar-refractivity contribution in [2.24, 2.45) is 5.92 Å². The number of rotatable bonds is 4. The Morgan fingerprint density at radius 2 is 2.26 bits per heavy atom. The predicted octanol–water partition coefficient (Wildman–Crippen LogP) is 2.26. The fourth-order valence-electron chi connectivity index (χ4n) is 3.31. The van der Waals surface area contributed by atoms with Crippen LogP contribution in [0.15, 0.2) is 12.3 Å². The van der Waals surface area contributed by atoms with E-state index in [0.29, 0.717) is 18.3 Å². The third-order valence-corrected chi connectivity index (χ3v) is 5.03. The van der Waals surface area contributed by atoms with E-state index in [2.05, 4.69) is 29.0 Å². The lowest BCUT2D eigenvalue weighted by molar-refractivity contribution is 0.0916. The molecule has 0 aliphatic carbocycles. The number of likely N-dealkylation sites (tertiary alicyclic amines) is 1. The average molecular weight is 317 g/mol. The number of nitrogens with one attached hydrogen (secondary N) is 1. The second-order valence-electron chi connectivity index (χ2n) is 6.91. The molecule has 3 heterocycles. The Morgan fingerprint density at radius 3 is 3.04 bits per heavy atom. The van der Waals surface area contributed by atoms with Crippen molar-refractivity contribution >= 4 is 5.91 Å². The number of carbonyl (C=O) groups excluding carboxylic acids is 1. The number of amides is 1. The molecule has 1 saturated heterocycles. The molecule has 0 radical (unpaired) electrons. The van der Waals surface area contributed by atoms with Crippen molar-refractivity contribution in [2.75, 3.05) is 26.2 Å². The number of aryl methyl sites for hydroxylation is 1. The van der Waals surface area contributed by atoms with E-state index in [1.807, 2.05) is 6.07 Å². The Balaban J connectivity index is 1.53. The van der Waals surface area contributed by atoms with Gasteiger partial charge >= 0.3 is 0 Å². The van der Waals surface area contributed by atoms with E-state index in [4.69, 9.17) is 4.74 Å². The van der Waals surface area contributed by atoms with Crippen LogP contribution in [0.4, 0.5) is 0 Å². The molecule has 1 amide bonds. The first-order valence-corrected chi connectivity index (χ1v) is 8.77. The summed E-state index contributed by atoms with van der Waals surface area (Å²) in [6.45, 7) is 8.17. The van der Waals surface area contributed by atoms with Crippen LogP contribution in [0.3, 0.4) is 0 Å². The van der Waals surface area contributed by atoms with Crippen molar-refractivity contribution in [3.8, 4) is 5.75 Å². The lowest BCUT2D eigenvalue weighted by Crippen LogP contribution is -2.45. The molecule has 0 saturated carbocycles. The van der Waals surface area contributed by atoms with Crippen LogP contribution >= 0.6 is 0 Å². The van der Waals surface area contributed by atoms with Gasteiger partial charge in [0.25, 0.3) is 5.91 Å². The summed E-state index contributed by atoms with van der Waals surface area (Å²) in [5, 5.41) is 3.03. The van der Waals surface area contributed by atoms with E-state index in [1.54, 1.807) is 6.20 Å². The van der Waals surface area contributed by atoms with E-state index in [9.17, 15) is 4.79 Å². The number of hydrogen-bond donors (Lipinski definition) is 1. The van der Waals surface area contributed by atoms with E-state index in [-0.39, 0.29) is 5.91 Å². The van der Waals surface area contributed by atoms with E-state index in [1.165, 1.54) is 12.8 Å². The normalized spacial score (nSPS) is 20.4. The van der Waals surface area contributed by atoms with Crippen molar-refractivity contribution in [1.29, 1.82) is 0 Å². The minimum absolute atomic E-state index is 0.0874. The van der Waals surface area contributed by atoms with Crippen LogP contribution in [0.5, 0.6) is 5.75 Å².